The smallest absolute Gasteiger partial charge is 0.0909 e. The summed E-state index contributed by atoms with van der Waals surface area (Å²) in [6.07, 6.45) is 5.35. The van der Waals surface area contributed by atoms with Gasteiger partial charge in [-0.15, -0.1) is 24.8 Å². The van der Waals surface area contributed by atoms with Crippen LogP contribution in [-0.4, -0.2) is 18.4 Å². The van der Waals surface area contributed by atoms with Crippen LogP contribution in [0, 0.1) is 0 Å². The molecule has 1 atom stereocenters. The molecule has 0 aromatic heterocycles. The zero-order valence-corrected chi connectivity index (χ0v) is 14.8. The molecular weight excluding hydrogens is 329 g/mol. The molecule has 0 fully saturated rings. The van der Waals surface area contributed by atoms with Crippen LogP contribution in [-0.2, 0) is 6.42 Å². The van der Waals surface area contributed by atoms with Crippen LogP contribution in [0.4, 0.5) is 0 Å². The molecule has 0 saturated carbocycles. The fourth-order valence-corrected chi connectivity index (χ4v) is 2.22. The maximum Gasteiger partial charge on any atom is 0.0909 e. The molecule has 0 spiro atoms. The van der Waals surface area contributed by atoms with Crippen molar-refractivity contribution >= 4 is 42.3 Å². The largest absolute Gasteiger partial charge is 0.388 e. The molecule has 1 unspecified atom stereocenters. The van der Waals surface area contributed by atoms with Crippen molar-refractivity contribution in [2.45, 2.75) is 45.1 Å². The number of unbranched alkanes of at least 4 members (excludes halogenated alkanes) is 2. The molecule has 0 saturated heterocycles. The number of nitrogens with two attached hydrogens (primary N) is 2. The van der Waals surface area contributed by atoms with Gasteiger partial charge in [-0.3, -0.25) is 4.99 Å². The number of aliphatic imine (C=N–C) groups is 1. The summed E-state index contributed by atoms with van der Waals surface area (Å²) in [4.78, 5) is 4.52. The van der Waals surface area contributed by atoms with Crippen LogP contribution in [0.1, 0.15) is 38.2 Å². The van der Waals surface area contributed by atoms with Gasteiger partial charge in [-0.05, 0) is 50.4 Å². The Morgan fingerprint density at radius 2 is 1.76 bits per heavy atom. The number of hydrogen-bond acceptors (Lipinski definition) is 2. The van der Waals surface area contributed by atoms with Gasteiger partial charge >= 0.3 is 0 Å². The number of rotatable bonds is 8. The van der Waals surface area contributed by atoms with E-state index < -0.39 is 0 Å². The first-order valence-electron chi connectivity index (χ1n) is 6.86. The van der Waals surface area contributed by atoms with E-state index in [1.54, 1.807) is 0 Å². The van der Waals surface area contributed by atoms with Gasteiger partial charge in [0.1, 0.15) is 0 Å². The molecule has 1 aromatic rings. The van der Waals surface area contributed by atoms with E-state index in [0.717, 1.165) is 43.7 Å². The van der Waals surface area contributed by atoms with Gasteiger partial charge in [0.05, 0.1) is 11.9 Å². The Labute approximate surface area is 145 Å². The van der Waals surface area contributed by atoms with Gasteiger partial charge in [0.2, 0.25) is 0 Å². The van der Waals surface area contributed by atoms with E-state index in [4.69, 9.17) is 23.1 Å². The second-order valence-corrected chi connectivity index (χ2v) is 5.33. The maximum absolute atomic E-state index is 5.89. The lowest BCUT2D eigenvalue weighted by atomic mass is 10.0. The molecular formula is C15H26Cl3N3. The van der Waals surface area contributed by atoms with Crippen LogP contribution in [0.2, 0.25) is 5.02 Å². The Morgan fingerprint density at radius 3 is 2.29 bits per heavy atom. The van der Waals surface area contributed by atoms with E-state index in [9.17, 15) is 0 Å². The first-order valence-corrected chi connectivity index (χ1v) is 7.24. The van der Waals surface area contributed by atoms with Crippen LogP contribution in [0.15, 0.2) is 29.3 Å². The Balaban J connectivity index is 0. The van der Waals surface area contributed by atoms with Crippen molar-refractivity contribution in [1.82, 2.24) is 0 Å². The molecule has 21 heavy (non-hydrogen) atoms. The Kier molecular flexibility index (Phi) is 14.3. The normalized spacial score (nSPS) is 12.2. The molecule has 0 radical (unpaired) electrons. The summed E-state index contributed by atoms with van der Waals surface area (Å²) in [6, 6.07) is 8.19. The van der Waals surface area contributed by atoms with Crippen LogP contribution in [0.25, 0.3) is 0 Å². The standard InChI is InChI=1S/C15H24ClN3.2ClH/c1-12(18)19-15(5-3-2-4-10-17)11-13-6-8-14(16)9-7-13;;/h6-9,15H,2-5,10-11,17H2,1H3,(H2,18,19);2*1H. The Morgan fingerprint density at radius 1 is 1.14 bits per heavy atom. The highest BCUT2D eigenvalue weighted by molar-refractivity contribution is 6.30. The molecule has 0 aliphatic carbocycles. The molecule has 0 bridgehead atoms. The van der Waals surface area contributed by atoms with Gasteiger partial charge in [-0.1, -0.05) is 36.6 Å². The van der Waals surface area contributed by atoms with Crippen molar-refractivity contribution in [2.24, 2.45) is 16.5 Å². The van der Waals surface area contributed by atoms with E-state index >= 15 is 0 Å². The fourth-order valence-electron chi connectivity index (χ4n) is 2.09. The first-order chi connectivity index (χ1) is 9.11. The van der Waals surface area contributed by atoms with E-state index in [2.05, 4.69) is 17.1 Å². The molecule has 1 rings (SSSR count). The van der Waals surface area contributed by atoms with Crippen molar-refractivity contribution in [2.75, 3.05) is 6.54 Å². The zero-order valence-electron chi connectivity index (χ0n) is 12.4. The molecule has 0 aliphatic rings. The van der Waals surface area contributed by atoms with Crippen molar-refractivity contribution in [3.8, 4) is 0 Å². The average molecular weight is 355 g/mol. The topological polar surface area (TPSA) is 64.4 Å². The third-order valence-corrected chi connectivity index (χ3v) is 3.26. The molecule has 122 valence electrons. The summed E-state index contributed by atoms with van der Waals surface area (Å²) in [5, 5.41) is 0.766. The summed E-state index contributed by atoms with van der Waals surface area (Å²) >= 11 is 5.89. The monoisotopic (exact) mass is 353 g/mol. The van der Waals surface area contributed by atoms with E-state index in [0.29, 0.717) is 5.84 Å². The summed E-state index contributed by atoms with van der Waals surface area (Å²) in [7, 11) is 0. The minimum absolute atomic E-state index is 0. The summed E-state index contributed by atoms with van der Waals surface area (Å²) < 4.78 is 0. The number of benzene rings is 1. The number of hydrogen-bond donors (Lipinski definition) is 2. The number of amidine groups is 1. The maximum atomic E-state index is 5.89. The van der Waals surface area contributed by atoms with Crippen LogP contribution >= 0.6 is 36.4 Å². The predicted molar refractivity (Wildman–Crippen MR) is 98.3 cm³/mol. The number of nitrogens with zero attached hydrogens (tertiary/aromatic N) is 1. The summed E-state index contributed by atoms with van der Waals surface area (Å²) in [5.41, 5.74) is 12.5. The second kappa shape index (κ2) is 13.2. The zero-order chi connectivity index (χ0) is 14.1. The van der Waals surface area contributed by atoms with Crippen LogP contribution in [0.3, 0.4) is 0 Å². The highest BCUT2D eigenvalue weighted by atomic mass is 35.5. The highest BCUT2D eigenvalue weighted by Gasteiger charge is 2.08. The minimum atomic E-state index is 0. The van der Waals surface area contributed by atoms with Gasteiger partial charge < -0.3 is 11.5 Å². The van der Waals surface area contributed by atoms with Gasteiger partial charge in [0.15, 0.2) is 0 Å². The number of halogens is 3. The highest BCUT2D eigenvalue weighted by Crippen LogP contribution is 2.15. The Hall–Kier alpha value is -0.480. The average Bonchev–Trinajstić information content (AvgIpc) is 2.36. The van der Waals surface area contributed by atoms with E-state index in [1.807, 2.05) is 19.1 Å². The van der Waals surface area contributed by atoms with E-state index in [-0.39, 0.29) is 30.9 Å². The second-order valence-electron chi connectivity index (χ2n) is 4.89. The van der Waals surface area contributed by atoms with Crippen molar-refractivity contribution in [3.05, 3.63) is 34.9 Å². The van der Waals surface area contributed by atoms with Gasteiger partial charge in [0, 0.05) is 5.02 Å². The molecule has 6 heteroatoms. The Bertz CT molecular complexity index is 390. The first kappa shape index (κ1) is 22.8. The van der Waals surface area contributed by atoms with Gasteiger partial charge in [0.25, 0.3) is 0 Å². The van der Waals surface area contributed by atoms with Crippen molar-refractivity contribution in [3.63, 3.8) is 0 Å². The van der Waals surface area contributed by atoms with Crippen molar-refractivity contribution < 1.29 is 0 Å². The molecule has 3 nitrogen and oxygen atoms in total. The molecule has 0 amide bonds. The quantitative estimate of drug-likeness (QED) is 0.421. The lowest BCUT2D eigenvalue weighted by Crippen LogP contribution is -2.16. The lowest BCUT2D eigenvalue weighted by Gasteiger charge is -2.13. The minimum Gasteiger partial charge on any atom is -0.388 e. The molecule has 1 aromatic carbocycles. The third-order valence-electron chi connectivity index (χ3n) is 3.01. The fraction of sp³-hybridized carbons (Fsp3) is 0.533. The van der Waals surface area contributed by atoms with Gasteiger partial charge in [-0.2, -0.15) is 0 Å². The van der Waals surface area contributed by atoms with Crippen molar-refractivity contribution in [1.29, 1.82) is 0 Å². The summed E-state index contributed by atoms with van der Waals surface area (Å²) in [5.74, 6) is 0.651. The van der Waals surface area contributed by atoms with Crippen LogP contribution < -0.4 is 11.5 Å². The molecule has 4 N–H and O–H groups in total. The molecule has 0 heterocycles. The molecule has 0 aliphatic heterocycles. The third kappa shape index (κ3) is 10.8. The van der Waals surface area contributed by atoms with E-state index in [1.165, 1.54) is 5.56 Å². The summed E-state index contributed by atoms with van der Waals surface area (Å²) in [6.45, 7) is 2.61. The SMILES string of the molecule is CC(N)=NC(CCCCCN)Cc1ccc(Cl)cc1.Cl.Cl. The van der Waals surface area contributed by atoms with Crippen LogP contribution in [0.5, 0.6) is 0 Å². The van der Waals surface area contributed by atoms with Gasteiger partial charge in [-0.25, -0.2) is 0 Å². The lowest BCUT2D eigenvalue weighted by molar-refractivity contribution is 0.552. The predicted octanol–water partition coefficient (Wildman–Crippen LogP) is 3.99.